The fourth-order valence-electron chi connectivity index (χ4n) is 2.77. The van der Waals surface area contributed by atoms with Crippen LogP contribution in [0.4, 0.5) is 10.5 Å². The van der Waals surface area contributed by atoms with Gasteiger partial charge in [0.15, 0.2) is 0 Å². The van der Waals surface area contributed by atoms with Gasteiger partial charge in [-0.1, -0.05) is 36.0 Å². The van der Waals surface area contributed by atoms with Crippen molar-refractivity contribution in [1.29, 1.82) is 0 Å². The number of nitrogens with zero attached hydrogens (tertiary/aromatic N) is 4. The molecule has 0 bridgehead atoms. The van der Waals surface area contributed by atoms with Gasteiger partial charge in [0.2, 0.25) is 0 Å². The molecule has 1 heterocycles. The van der Waals surface area contributed by atoms with Crippen LogP contribution in [-0.2, 0) is 4.74 Å². The highest BCUT2D eigenvalue weighted by Gasteiger charge is 2.28. The third-order valence-corrected chi connectivity index (χ3v) is 4.04. The average Bonchev–Trinajstić information content (AvgIpc) is 2.54. The van der Waals surface area contributed by atoms with Crippen LogP contribution < -0.4 is 0 Å². The highest BCUT2D eigenvalue weighted by molar-refractivity contribution is 5.69. The number of likely N-dealkylation sites (tertiary alicyclic amines) is 1. The largest absolute Gasteiger partial charge is 0.444 e. The van der Waals surface area contributed by atoms with Gasteiger partial charge in [0.1, 0.15) is 5.60 Å². The summed E-state index contributed by atoms with van der Waals surface area (Å²) in [6.45, 7) is 11.2. The maximum absolute atomic E-state index is 12.1. The molecule has 0 saturated carbocycles. The second-order valence-electron chi connectivity index (χ2n) is 7.00. The molecule has 0 unspecified atom stereocenters. The summed E-state index contributed by atoms with van der Waals surface area (Å²) < 4.78 is 5.42. The van der Waals surface area contributed by atoms with Crippen LogP contribution in [-0.4, -0.2) is 29.7 Å². The van der Waals surface area contributed by atoms with E-state index in [9.17, 15) is 4.79 Å². The van der Waals surface area contributed by atoms with Gasteiger partial charge in [-0.3, -0.25) is 0 Å². The van der Waals surface area contributed by atoms with Crippen molar-refractivity contribution in [1.82, 2.24) is 4.90 Å². The molecule has 0 aromatic heterocycles. The number of hydrogen-bond donors (Lipinski definition) is 0. The Labute approximate surface area is 142 Å². The summed E-state index contributed by atoms with van der Waals surface area (Å²) in [5, 5.41) is 3.57. The lowest BCUT2D eigenvalue weighted by Crippen LogP contribution is -2.41. The van der Waals surface area contributed by atoms with Gasteiger partial charge < -0.3 is 9.64 Å². The van der Waals surface area contributed by atoms with E-state index in [0.717, 1.165) is 24.0 Å². The number of ether oxygens (including phenoxy) is 1. The number of azide groups is 1. The number of allylic oxidation sites excluding steroid dienone is 1. The van der Waals surface area contributed by atoms with E-state index in [2.05, 4.69) is 16.6 Å². The summed E-state index contributed by atoms with van der Waals surface area (Å²) in [4.78, 5) is 16.6. The predicted molar refractivity (Wildman–Crippen MR) is 94.8 cm³/mol. The van der Waals surface area contributed by atoms with Crippen LogP contribution in [0.2, 0.25) is 0 Å². The number of hydrogen-bond acceptors (Lipinski definition) is 3. The lowest BCUT2D eigenvalue weighted by molar-refractivity contribution is 0.0200. The lowest BCUT2D eigenvalue weighted by atomic mass is 9.86. The first-order valence-electron chi connectivity index (χ1n) is 8.12. The van der Waals surface area contributed by atoms with Gasteiger partial charge in [-0.05, 0) is 56.2 Å². The maximum atomic E-state index is 12.1. The first-order valence-corrected chi connectivity index (χ1v) is 8.12. The number of amides is 1. The van der Waals surface area contributed by atoms with E-state index < -0.39 is 5.60 Å². The number of benzene rings is 1. The zero-order valence-corrected chi connectivity index (χ0v) is 14.5. The SMILES string of the molecule is C=C(c1ccc(N=[N+]=[N-])cc1)C1CCN(C(=O)OC(C)(C)C)CC1. The number of piperidine rings is 1. The molecule has 1 saturated heterocycles. The number of carbonyl (C=O) groups is 1. The summed E-state index contributed by atoms with van der Waals surface area (Å²) in [5.74, 6) is 0.342. The van der Waals surface area contributed by atoms with Gasteiger partial charge in [0, 0.05) is 23.7 Å². The van der Waals surface area contributed by atoms with E-state index in [0.29, 0.717) is 24.7 Å². The van der Waals surface area contributed by atoms with Crippen LogP contribution in [0.25, 0.3) is 16.0 Å². The highest BCUT2D eigenvalue weighted by atomic mass is 16.6. The zero-order valence-electron chi connectivity index (χ0n) is 14.5. The van der Waals surface area contributed by atoms with Crippen molar-refractivity contribution in [3.63, 3.8) is 0 Å². The van der Waals surface area contributed by atoms with Gasteiger partial charge in [0.05, 0.1) is 0 Å². The smallest absolute Gasteiger partial charge is 0.410 e. The Morgan fingerprint density at radius 1 is 1.29 bits per heavy atom. The molecule has 1 fully saturated rings. The quantitative estimate of drug-likeness (QED) is 0.429. The van der Waals surface area contributed by atoms with Crippen molar-refractivity contribution >= 4 is 17.4 Å². The molecule has 0 spiro atoms. The van der Waals surface area contributed by atoms with E-state index in [4.69, 9.17) is 10.3 Å². The molecule has 2 rings (SSSR count). The van der Waals surface area contributed by atoms with Crippen molar-refractivity contribution < 1.29 is 9.53 Å². The minimum absolute atomic E-state index is 0.245. The molecular formula is C18H24N4O2. The van der Waals surface area contributed by atoms with Gasteiger partial charge in [-0.25, -0.2) is 4.79 Å². The van der Waals surface area contributed by atoms with Gasteiger partial charge in [-0.15, -0.1) is 0 Å². The number of rotatable bonds is 3. The van der Waals surface area contributed by atoms with E-state index in [1.165, 1.54) is 0 Å². The molecule has 6 heteroatoms. The Morgan fingerprint density at radius 3 is 2.38 bits per heavy atom. The van der Waals surface area contributed by atoms with Crippen molar-refractivity contribution in [2.24, 2.45) is 11.0 Å². The summed E-state index contributed by atoms with van der Waals surface area (Å²) in [5.41, 5.74) is 10.7. The van der Waals surface area contributed by atoms with E-state index >= 15 is 0 Å². The Hall–Kier alpha value is -2.46. The molecule has 1 aromatic carbocycles. The number of carbonyl (C=O) groups excluding carboxylic acids is 1. The molecule has 128 valence electrons. The Balaban J connectivity index is 1.93. The summed E-state index contributed by atoms with van der Waals surface area (Å²) >= 11 is 0. The second kappa shape index (κ2) is 7.41. The van der Waals surface area contributed by atoms with Crippen molar-refractivity contribution in [3.05, 3.63) is 46.9 Å². The standard InChI is InChI=1S/C18H24N4O2/c1-13(14-5-7-16(8-6-14)20-21-19)15-9-11-22(12-10-15)17(23)24-18(2,3)4/h5-8,15H,1,9-12H2,2-4H3. The molecule has 0 radical (unpaired) electrons. The Morgan fingerprint density at radius 2 is 1.88 bits per heavy atom. The minimum Gasteiger partial charge on any atom is -0.444 e. The van der Waals surface area contributed by atoms with Crippen LogP contribution in [0.1, 0.15) is 39.2 Å². The second-order valence-corrected chi connectivity index (χ2v) is 7.00. The van der Waals surface area contributed by atoms with Crippen LogP contribution >= 0.6 is 0 Å². The predicted octanol–water partition coefficient (Wildman–Crippen LogP) is 5.29. The van der Waals surface area contributed by atoms with Crippen molar-refractivity contribution in [3.8, 4) is 0 Å². The van der Waals surface area contributed by atoms with Crippen LogP contribution in [0.3, 0.4) is 0 Å². The molecule has 1 aliphatic rings. The molecule has 24 heavy (non-hydrogen) atoms. The van der Waals surface area contributed by atoms with Crippen LogP contribution in [0.15, 0.2) is 36.0 Å². The fraction of sp³-hybridized carbons (Fsp3) is 0.500. The van der Waals surface area contributed by atoms with Gasteiger partial charge in [-0.2, -0.15) is 0 Å². The van der Waals surface area contributed by atoms with Gasteiger partial charge >= 0.3 is 6.09 Å². The maximum Gasteiger partial charge on any atom is 0.410 e. The summed E-state index contributed by atoms with van der Waals surface area (Å²) in [7, 11) is 0. The minimum atomic E-state index is -0.467. The molecule has 1 aliphatic heterocycles. The summed E-state index contributed by atoms with van der Waals surface area (Å²) in [6.07, 6.45) is 1.50. The van der Waals surface area contributed by atoms with Crippen molar-refractivity contribution in [2.45, 2.75) is 39.2 Å². The average molecular weight is 328 g/mol. The summed E-state index contributed by atoms with van der Waals surface area (Å²) in [6, 6.07) is 7.42. The van der Waals surface area contributed by atoms with E-state index in [1.54, 1.807) is 17.0 Å². The first kappa shape index (κ1) is 17.9. The van der Waals surface area contributed by atoms with Crippen LogP contribution in [0, 0.1) is 5.92 Å². The van der Waals surface area contributed by atoms with Crippen molar-refractivity contribution in [2.75, 3.05) is 13.1 Å². The Kier molecular flexibility index (Phi) is 5.52. The highest BCUT2D eigenvalue weighted by Crippen LogP contribution is 2.31. The fourth-order valence-corrected chi connectivity index (χ4v) is 2.77. The normalized spacial score (nSPS) is 15.5. The van der Waals surface area contributed by atoms with E-state index in [1.807, 2.05) is 32.9 Å². The first-order chi connectivity index (χ1) is 11.3. The molecule has 0 aliphatic carbocycles. The van der Waals surface area contributed by atoms with Crippen LogP contribution in [0.5, 0.6) is 0 Å². The van der Waals surface area contributed by atoms with E-state index in [-0.39, 0.29) is 6.09 Å². The van der Waals surface area contributed by atoms with Gasteiger partial charge in [0.25, 0.3) is 0 Å². The molecule has 0 N–H and O–H groups in total. The molecule has 1 aromatic rings. The topological polar surface area (TPSA) is 78.3 Å². The molecule has 1 amide bonds. The third-order valence-electron chi connectivity index (χ3n) is 4.04. The lowest BCUT2D eigenvalue weighted by Gasteiger charge is -2.34. The molecule has 6 nitrogen and oxygen atoms in total. The monoisotopic (exact) mass is 328 g/mol. The Bertz CT molecular complexity index is 647. The zero-order chi connectivity index (χ0) is 17.7. The third kappa shape index (κ3) is 4.77. The molecule has 0 atom stereocenters. The molecular weight excluding hydrogens is 304 g/mol.